The summed E-state index contributed by atoms with van der Waals surface area (Å²) in [4.78, 5) is 12.8. The summed E-state index contributed by atoms with van der Waals surface area (Å²) in [5.41, 5.74) is 2.79. The third-order valence-electron chi connectivity index (χ3n) is 11.8. The van der Waals surface area contributed by atoms with Gasteiger partial charge >= 0.3 is 5.97 Å². The molecule has 0 radical (unpaired) electrons. The van der Waals surface area contributed by atoms with Crippen molar-refractivity contribution in [3.63, 3.8) is 0 Å². The van der Waals surface area contributed by atoms with Crippen LogP contribution < -0.4 is 0 Å². The number of hydrogen-bond donors (Lipinski definition) is 0. The normalized spacial score (nSPS) is 39.1. The molecule has 1 aromatic carbocycles. The maximum atomic E-state index is 12.8. The second-order valence-electron chi connectivity index (χ2n) is 14.3. The van der Waals surface area contributed by atoms with E-state index in [1.807, 2.05) is 37.4 Å². The highest BCUT2D eigenvalue weighted by molar-refractivity contribution is 5.89. The lowest BCUT2D eigenvalue weighted by molar-refractivity contribution is -0.106. The minimum Gasteiger partial charge on any atom is -0.458 e. The molecule has 1 aromatic rings. The number of benzene rings is 1. The molecule has 0 aromatic heterocycles. The van der Waals surface area contributed by atoms with Crippen LogP contribution in [0, 0.1) is 46.3 Å². The molecule has 0 N–H and O–H groups in total. The second kappa shape index (κ2) is 11.1. The van der Waals surface area contributed by atoms with Crippen LogP contribution in [0.4, 0.5) is 0 Å². The van der Waals surface area contributed by atoms with Gasteiger partial charge in [-0.1, -0.05) is 83.7 Å². The van der Waals surface area contributed by atoms with Gasteiger partial charge in [0.05, 0.1) is 11.7 Å². The lowest BCUT2D eigenvalue weighted by Gasteiger charge is -2.60. The van der Waals surface area contributed by atoms with Crippen molar-refractivity contribution in [2.45, 2.75) is 111 Å². The first-order chi connectivity index (χ1) is 18.2. The Bertz CT molecular complexity index is 998. The fourth-order valence-electron chi connectivity index (χ4n) is 9.73. The van der Waals surface area contributed by atoms with Crippen LogP contribution in [0.15, 0.2) is 42.0 Å². The molecule has 38 heavy (non-hydrogen) atoms. The van der Waals surface area contributed by atoms with E-state index in [0.717, 1.165) is 42.9 Å². The number of fused-ring (bicyclic) bond motifs is 5. The second-order valence-corrected chi connectivity index (χ2v) is 14.3. The SMILES string of the molecule is CO[C@H]1C=C2C[C@@H](OC(=O)c3ccccc3)CC[C@]2(C)[C@H]2CC[C@]3(C)[C@@H]([C@H](C)CCCC(C)C)CC[C@H]3[C@H]12. The predicted octanol–water partition coefficient (Wildman–Crippen LogP) is 8.88. The Hall–Kier alpha value is -1.61. The van der Waals surface area contributed by atoms with Crippen LogP contribution in [-0.2, 0) is 9.47 Å². The number of esters is 1. The maximum absolute atomic E-state index is 12.8. The van der Waals surface area contributed by atoms with Crippen molar-refractivity contribution in [2.24, 2.45) is 46.3 Å². The van der Waals surface area contributed by atoms with E-state index in [1.165, 1.54) is 50.5 Å². The molecule has 0 bridgehead atoms. The van der Waals surface area contributed by atoms with Crippen molar-refractivity contribution >= 4 is 5.97 Å². The molecule has 3 saturated carbocycles. The highest BCUT2D eigenvalue weighted by Crippen LogP contribution is 2.67. The number of carbonyl (C=O) groups is 1. The first kappa shape index (κ1) is 27.9. The largest absolute Gasteiger partial charge is 0.458 e. The zero-order chi connectivity index (χ0) is 27.1. The van der Waals surface area contributed by atoms with E-state index in [1.54, 1.807) is 0 Å². The Kier molecular flexibility index (Phi) is 8.17. The Labute approximate surface area is 232 Å². The summed E-state index contributed by atoms with van der Waals surface area (Å²) in [7, 11) is 1.92. The van der Waals surface area contributed by atoms with Crippen LogP contribution in [0.2, 0.25) is 0 Å². The summed E-state index contributed by atoms with van der Waals surface area (Å²) < 4.78 is 12.3. The summed E-state index contributed by atoms with van der Waals surface area (Å²) in [6, 6.07) is 9.43. The molecular weight excluding hydrogens is 468 g/mol. The van der Waals surface area contributed by atoms with E-state index >= 15 is 0 Å². The minimum absolute atomic E-state index is 0.0347. The maximum Gasteiger partial charge on any atom is 0.338 e. The van der Waals surface area contributed by atoms with E-state index in [2.05, 4.69) is 40.7 Å². The molecule has 0 saturated heterocycles. The standard InChI is InChI=1S/C35H52O3/c1-23(2)11-10-12-24(3)28-15-16-29-32-30(18-20-35(28,29)5)34(4)19-17-27(21-26(34)22-31(32)37-6)38-33(36)25-13-8-7-9-14-25/h7-9,13-14,22-24,27-32H,10-12,15-21H2,1-6H3/t24-,27+,28-,29+,30+,31+,32+,34+,35-/m1/s1. The molecule has 0 spiro atoms. The van der Waals surface area contributed by atoms with Crippen LogP contribution in [0.3, 0.4) is 0 Å². The van der Waals surface area contributed by atoms with Gasteiger partial charge in [-0.05, 0) is 97.0 Å². The number of ether oxygens (including phenoxy) is 2. The molecule has 9 atom stereocenters. The number of carbonyl (C=O) groups excluding carboxylic acids is 1. The highest BCUT2D eigenvalue weighted by atomic mass is 16.5. The van der Waals surface area contributed by atoms with Crippen LogP contribution in [0.5, 0.6) is 0 Å². The molecule has 3 nitrogen and oxygen atoms in total. The first-order valence-corrected chi connectivity index (χ1v) is 15.7. The van der Waals surface area contributed by atoms with Crippen LogP contribution in [0.1, 0.15) is 109 Å². The van der Waals surface area contributed by atoms with Crippen molar-refractivity contribution in [1.82, 2.24) is 0 Å². The van der Waals surface area contributed by atoms with Crippen molar-refractivity contribution < 1.29 is 14.3 Å². The Morgan fingerprint density at radius 1 is 0.974 bits per heavy atom. The van der Waals surface area contributed by atoms with E-state index in [9.17, 15) is 4.79 Å². The van der Waals surface area contributed by atoms with E-state index in [-0.39, 0.29) is 23.6 Å². The summed E-state index contributed by atoms with van der Waals surface area (Å²) in [6.07, 6.45) is 15.1. The monoisotopic (exact) mass is 520 g/mol. The molecule has 0 unspecified atom stereocenters. The molecule has 210 valence electrons. The topological polar surface area (TPSA) is 35.5 Å². The average Bonchev–Trinajstić information content (AvgIpc) is 3.26. The summed E-state index contributed by atoms with van der Waals surface area (Å²) in [6.45, 7) is 12.4. The van der Waals surface area contributed by atoms with Gasteiger partial charge in [-0.3, -0.25) is 0 Å². The van der Waals surface area contributed by atoms with Crippen LogP contribution in [0.25, 0.3) is 0 Å². The number of methoxy groups -OCH3 is 1. The minimum atomic E-state index is -0.190. The van der Waals surface area contributed by atoms with Crippen molar-refractivity contribution in [2.75, 3.05) is 7.11 Å². The fourth-order valence-corrected chi connectivity index (χ4v) is 9.73. The van der Waals surface area contributed by atoms with E-state index < -0.39 is 0 Å². The van der Waals surface area contributed by atoms with Gasteiger partial charge in [0.2, 0.25) is 0 Å². The molecule has 0 amide bonds. The third kappa shape index (κ3) is 5.02. The lowest BCUT2D eigenvalue weighted by atomic mass is 9.46. The van der Waals surface area contributed by atoms with Crippen LogP contribution >= 0.6 is 0 Å². The molecular formula is C35H52O3. The predicted molar refractivity (Wildman–Crippen MR) is 155 cm³/mol. The van der Waals surface area contributed by atoms with Gasteiger partial charge in [-0.25, -0.2) is 4.79 Å². The summed E-state index contributed by atoms with van der Waals surface area (Å²) >= 11 is 0. The summed E-state index contributed by atoms with van der Waals surface area (Å²) in [5.74, 6) is 4.34. The zero-order valence-corrected chi connectivity index (χ0v) is 24.9. The van der Waals surface area contributed by atoms with Gasteiger partial charge in [0.15, 0.2) is 0 Å². The molecule has 0 aliphatic heterocycles. The van der Waals surface area contributed by atoms with Crippen LogP contribution in [-0.4, -0.2) is 25.3 Å². The highest BCUT2D eigenvalue weighted by Gasteiger charge is 2.61. The van der Waals surface area contributed by atoms with Crippen molar-refractivity contribution in [3.05, 3.63) is 47.5 Å². The van der Waals surface area contributed by atoms with Crippen molar-refractivity contribution in [1.29, 1.82) is 0 Å². The Morgan fingerprint density at radius 2 is 1.74 bits per heavy atom. The van der Waals surface area contributed by atoms with Gasteiger partial charge < -0.3 is 9.47 Å². The molecule has 3 fully saturated rings. The molecule has 4 aliphatic rings. The van der Waals surface area contributed by atoms with Gasteiger partial charge in [-0.2, -0.15) is 0 Å². The van der Waals surface area contributed by atoms with E-state index in [4.69, 9.17) is 9.47 Å². The molecule has 5 rings (SSSR count). The van der Waals surface area contributed by atoms with Crippen molar-refractivity contribution in [3.8, 4) is 0 Å². The van der Waals surface area contributed by atoms with Gasteiger partial charge in [-0.15, -0.1) is 0 Å². The average molecular weight is 521 g/mol. The third-order valence-corrected chi connectivity index (χ3v) is 11.8. The zero-order valence-electron chi connectivity index (χ0n) is 24.9. The quantitative estimate of drug-likeness (QED) is 0.254. The number of hydrogen-bond acceptors (Lipinski definition) is 3. The fraction of sp³-hybridized carbons (Fsp3) is 0.743. The molecule has 3 heteroatoms. The Balaban J connectivity index is 1.32. The van der Waals surface area contributed by atoms with E-state index in [0.29, 0.717) is 22.8 Å². The number of rotatable bonds is 8. The lowest BCUT2D eigenvalue weighted by Crippen LogP contribution is -2.55. The van der Waals surface area contributed by atoms with Gasteiger partial charge in [0.25, 0.3) is 0 Å². The first-order valence-electron chi connectivity index (χ1n) is 15.7. The molecule has 0 heterocycles. The molecule has 4 aliphatic carbocycles. The van der Waals surface area contributed by atoms with Gasteiger partial charge in [0, 0.05) is 13.5 Å². The summed E-state index contributed by atoms with van der Waals surface area (Å²) in [5, 5.41) is 0. The smallest absolute Gasteiger partial charge is 0.338 e. The Morgan fingerprint density at radius 3 is 2.45 bits per heavy atom. The van der Waals surface area contributed by atoms with Gasteiger partial charge in [0.1, 0.15) is 6.10 Å².